The summed E-state index contributed by atoms with van der Waals surface area (Å²) in [5, 5.41) is 0. The molecule has 0 radical (unpaired) electrons. The molecule has 0 bridgehead atoms. The van der Waals surface area contributed by atoms with E-state index in [4.69, 9.17) is 0 Å². The Labute approximate surface area is 220 Å². The summed E-state index contributed by atoms with van der Waals surface area (Å²) in [5.74, 6) is 0. The number of hydrogen-bond donors (Lipinski definition) is 0. The normalized spacial score (nSPS) is 14.6. The molecule has 1 aliphatic rings. The molecule has 3 rings (SSSR count). The van der Waals surface area contributed by atoms with Gasteiger partial charge in [-0.3, -0.25) is 0 Å². The van der Waals surface area contributed by atoms with Crippen LogP contribution in [-0.2, 0) is 0 Å². The minimum absolute atomic E-state index is 1.02. The van der Waals surface area contributed by atoms with Gasteiger partial charge in [-0.1, -0.05) is 18.2 Å². The van der Waals surface area contributed by atoms with Gasteiger partial charge in [0.25, 0.3) is 0 Å². The van der Waals surface area contributed by atoms with Gasteiger partial charge >= 0.3 is 0 Å². The quantitative estimate of drug-likeness (QED) is 0.323. The summed E-state index contributed by atoms with van der Waals surface area (Å²) >= 11 is 0. The third-order valence-corrected chi connectivity index (χ3v) is 7.50. The Hall–Kier alpha value is -3.07. The van der Waals surface area contributed by atoms with Gasteiger partial charge in [-0.15, -0.1) is 0 Å². The largest absolute Gasteiger partial charge is 0.372 e. The van der Waals surface area contributed by atoms with Crippen LogP contribution in [0.1, 0.15) is 65.2 Å². The summed E-state index contributed by atoms with van der Waals surface area (Å²) in [6.07, 6.45) is 6.97. The van der Waals surface area contributed by atoms with Gasteiger partial charge < -0.3 is 9.80 Å². The highest BCUT2D eigenvalue weighted by atomic mass is 15.1. The molecule has 2 aromatic rings. The molecule has 0 saturated carbocycles. The monoisotopic (exact) mass is 484 g/mol. The predicted molar refractivity (Wildman–Crippen MR) is 160 cm³/mol. The van der Waals surface area contributed by atoms with Crippen LogP contribution in [0, 0.1) is 6.92 Å². The molecule has 192 valence electrons. The van der Waals surface area contributed by atoms with E-state index in [2.05, 4.69) is 130 Å². The predicted octanol–water partition coefficient (Wildman–Crippen LogP) is 7.50. The zero-order valence-electron chi connectivity index (χ0n) is 23.9. The minimum Gasteiger partial charge on any atom is -0.372 e. The lowest BCUT2D eigenvalue weighted by Gasteiger charge is -2.24. The van der Waals surface area contributed by atoms with E-state index in [1.807, 2.05) is 0 Å². The van der Waals surface area contributed by atoms with Crippen molar-refractivity contribution in [1.82, 2.24) is 0 Å². The average Bonchev–Trinajstić information content (AvgIpc) is 2.89. The lowest BCUT2D eigenvalue weighted by atomic mass is 9.85. The fraction of sp³-hybridized carbons (Fsp3) is 0.424. The topological polar surface area (TPSA) is 9.49 Å². The maximum atomic E-state index is 2.42. The van der Waals surface area contributed by atoms with Crippen LogP contribution in [0.4, 0.5) is 11.4 Å². The highest BCUT2D eigenvalue weighted by molar-refractivity contribution is 6.05. The summed E-state index contributed by atoms with van der Waals surface area (Å²) in [5.41, 5.74) is 11.7. The Kier molecular flexibility index (Phi) is 9.75. The van der Waals surface area contributed by atoms with Crippen LogP contribution in [0.3, 0.4) is 0 Å². The Morgan fingerprint density at radius 1 is 0.694 bits per heavy atom. The van der Waals surface area contributed by atoms with Gasteiger partial charge in [0.2, 0.25) is 0 Å². The average molecular weight is 485 g/mol. The first-order chi connectivity index (χ1) is 17.4. The van der Waals surface area contributed by atoms with Crippen LogP contribution in [0.25, 0.3) is 5.57 Å². The molecule has 0 fully saturated rings. The molecule has 0 unspecified atom stereocenters. The zero-order chi connectivity index (χ0) is 26.2. The van der Waals surface area contributed by atoms with Crippen LogP contribution in [-0.4, -0.2) is 49.6 Å². The van der Waals surface area contributed by atoms with E-state index in [9.17, 15) is 0 Å². The SMILES string of the molecule is CCN(CC)c1ccc(/C(=C2/C=CC(=[N+](CC)CC)C=C2C)c2ccc(N(CC)CC)cc2C)cc1. The van der Waals surface area contributed by atoms with Gasteiger partial charge in [-0.05, 0) is 119 Å². The van der Waals surface area contributed by atoms with E-state index in [0.29, 0.717) is 0 Å². The van der Waals surface area contributed by atoms with Gasteiger partial charge in [-0.25, -0.2) is 4.58 Å². The summed E-state index contributed by atoms with van der Waals surface area (Å²) in [4.78, 5) is 4.82. The van der Waals surface area contributed by atoms with Crippen LogP contribution in [0.5, 0.6) is 0 Å². The van der Waals surface area contributed by atoms with E-state index in [-0.39, 0.29) is 0 Å². The van der Waals surface area contributed by atoms with E-state index in [0.717, 1.165) is 39.3 Å². The molecule has 3 heteroatoms. The molecule has 0 saturated heterocycles. The molecule has 0 aromatic heterocycles. The molecular weight excluding hydrogens is 438 g/mol. The van der Waals surface area contributed by atoms with Gasteiger partial charge in [0, 0.05) is 49.7 Å². The molecule has 0 aliphatic heterocycles. The van der Waals surface area contributed by atoms with Gasteiger partial charge in [0.1, 0.15) is 13.1 Å². The molecule has 0 spiro atoms. The highest BCUT2D eigenvalue weighted by Crippen LogP contribution is 2.36. The molecule has 1 aliphatic carbocycles. The minimum atomic E-state index is 1.02. The van der Waals surface area contributed by atoms with Crippen molar-refractivity contribution < 1.29 is 4.58 Å². The third-order valence-electron chi connectivity index (χ3n) is 7.50. The van der Waals surface area contributed by atoms with Crippen molar-refractivity contribution in [3.8, 4) is 0 Å². The molecule has 0 heterocycles. The number of nitrogens with zero attached hydrogens (tertiary/aromatic N) is 3. The maximum Gasteiger partial charge on any atom is 0.200 e. The molecule has 36 heavy (non-hydrogen) atoms. The second-order valence-corrected chi connectivity index (χ2v) is 9.44. The van der Waals surface area contributed by atoms with Crippen molar-refractivity contribution in [2.24, 2.45) is 0 Å². The van der Waals surface area contributed by atoms with Crippen molar-refractivity contribution in [3.63, 3.8) is 0 Å². The van der Waals surface area contributed by atoms with Crippen molar-refractivity contribution in [3.05, 3.63) is 88.5 Å². The smallest absolute Gasteiger partial charge is 0.200 e. The maximum absolute atomic E-state index is 2.42. The number of anilines is 2. The van der Waals surface area contributed by atoms with Crippen LogP contribution < -0.4 is 9.80 Å². The van der Waals surface area contributed by atoms with Crippen LogP contribution in [0.15, 0.2) is 71.8 Å². The molecular formula is C33H46N3+. The first kappa shape index (κ1) is 27.5. The second kappa shape index (κ2) is 12.8. The van der Waals surface area contributed by atoms with Crippen molar-refractivity contribution in [2.45, 2.75) is 55.4 Å². The number of rotatable bonds is 10. The number of allylic oxidation sites excluding steroid dienone is 5. The van der Waals surface area contributed by atoms with E-state index in [1.54, 1.807) is 0 Å². The van der Waals surface area contributed by atoms with E-state index >= 15 is 0 Å². The number of hydrogen-bond acceptors (Lipinski definition) is 2. The Morgan fingerprint density at radius 2 is 1.25 bits per heavy atom. The summed E-state index contributed by atoms with van der Waals surface area (Å²) in [6.45, 7) is 24.0. The fourth-order valence-corrected chi connectivity index (χ4v) is 5.31. The fourth-order valence-electron chi connectivity index (χ4n) is 5.31. The van der Waals surface area contributed by atoms with Gasteiger partial charge in [-0.2, -0.15) is 0 Å². The Morgan fingerprint density at radius 3 is 1.75 bits per heavy atom. The summed E-state index contributed by atoms with van der Waals surface area (Å²) in [7, 11) is 0. The Bertz CT molecular complexity index is 1150. The third kappa shape index (κ3) is 5.83. The standard InChI is InChI=1S/C33H46N3/c1-9-34(10-2)28-17-15-27(16-18-28)33(31-21-19-29(23-25(31)7)35(11-3)12-4)32-22-20-30(24-26(32)8)36(13-5)14-6/h15-24H,9-14H2,1-8H3/q+1. The second-order valence-electron chi connectivity index (χ2n) is 9.44. The lowest BCUT2D eigenvalue weighted by Crippen LogP contribution is -2.22. The summed E-state index contributed by atoms with van der Waals surface area (Å²) < 4.78 is 2.42. The van der Waals surface area contributed by atoms with E-state index < -0.39 is 0 Å². The highest BCUT2D eigenvalue weighted by Gasteiger charge is 2.20. The Balaban J connectivity index is 2.21. The van der Waals surface area contributed by atoms with Gasteiger partial charge in [0.05, 0.1) is 0 Å². The van der Waals surface area contributed by atoms with Crippen molar-refractivity contribution in [2.75, 3.05) is 49.1 Å². The number of aryl methyl sites for hydroxylation is 1. The van der Waals surface area contributed by atoms with Crippen LogP contribution >= 0.6 is 0 Å². The van der Waals surface area contributed by atoms with E-state index in [1.165, 1.54) is 50.5 Å². The van der Waals surface area contributed by atoms with Crippen LogP contribution in [0.2, 0.25) is 0 Å². The van der Waals surface area contributed by atoms with Gasteiger partial charge in [0.15, 0.2) is 5.71 Å². The first-order valence-corrected chi connectivity index (χ1v) is 13.9. The summed E-state index contributed by atoms with van der Waals surface area (Å²) in [6, 6.07) is 16.1. The zero-order valence-corrected chi connectivity index (χ0v) is 23.9. The van der Waals surface area contributed by atoms with Crippen molar-refractivity contribution in [1.29, 1.82) is 0 Å². The molecule has 2 aromatic carbocycles. The molecule has 0 N–H and O–H groups in total. The first-order valence-electron chi connectivity index (χ1n) is 13.9. The number of benzene rings is 2. The lowest BCUT2D eigenvalue weighted by molar-refractivity contribution is -0.519. The molecule has 3 nitrogen and oxygen atoms in total. The molecule has 0 atom stereocenters. The van der Waals surface area contributed by atoms with Crippen molar-refractivity contribution >= 4 is 22.7 Å². The molecule has 0 amide bonds.